The first-order valence-electron chi connectivity index (χ1n) is 6.66. The highest BCUT2D eigenvalue weighted by atomic mass is 35.5. The first-order valence-corrected chi connectivity index (χ1v) is 7.04. The van der Waals surface area contributed by atoms with Gasteiger partial charge in [0.25, 0.3) is 0 Å². The van der Waals surface area contributed by atoms with Crippen LogP contribution in [0.15, 0.2) is 24.3 Å². The summed E-state index contributed by atoms with van der Waals surface area (Å²) in [5.74, 6) is 0.750. The molecule has 0 saturated carbocycles. The van der Waals surface area contributed by atoms with Gasteiger partial charge in [0, 0.05) is 11.1 Å². The number of halogens is 1. The summed E-state index contributed by atoms with van der Waals surface area (Å²) >= 11 is 5.93. The molecule has 0 heterocycles. The van der Waals surface area contributed by atoms with E-state index in [-0.39, 0.29) is 0 Å². The highest BCUT2D eigenvalue weighted by molar-refractivity contribution is 6.30. The third kappa shape index (κ3) is 5.10. The molecule has 0 aliphatic heterocycles. The average molecular weight is 254 g/mol. The smallest absolute Gasteiger partial charge is 0.0406 e. The summed E-state index contributed by atoms with van der Waals surface area (Å²) in [5, 5.41) is 4.44. The predicted octanol–water partition coefficient (Wildman–Crippen LogP) is 4.82. The summed E-state index contributed by atoms with van der Waals surface area (Å²) < 4.78 is 0. The maximum Gasteiger partial charge on any atom is 0.0406 e. The number of hydrogen-bond acceptors (Lipinski definition) is 1. The summed E-state index contributed by atoms with van der Waals surface area (Å²) in [6, 6.07) is 8.69. The summed E-state index contributed by atoms with van der Waals surface area (Å²) in [7, 11) is 0. The van der Waals surface area contributed by atoms with Crippen molar-refractivity contribution in [2.75, 3.05) is 6.54 Å². The lowest BCUT2D eigenvalue weighted by Gasteiger charge is -2.22. The molecule has 0 amide bonds. The van der Waals surface area contributed by atoms with Crippen LogP contribution < -0.4 is 5.32 Å². The number of benzene rings is 1. The van der Waals surface area contributed by atoms with Crippen molar-refractivity contribution in [1.82, 2.24) is 5.32 Å². The third-order valence-electron chi connectivity index (χ3n) is 3.25. The van der Waals surface area contributed by atoms with Crippen LogP contribution in [-0.4, -0.2) is 6.54 Å². The van der Waals surface area contributed by atoms with Crippen LogP contribution in [0.1, 0.15) is 51.6 Å². The molecule has 0 bridgehead atoms. The molecule has 0 fully saturated rings. The summed E-state index contributed by atoms with van der Waals surface area (Å²) in [6.07, 6.45) is 3.60. The molecule has 0 spiro atoms. The Bertz CT molecular complexity index is 307. The molecule has 2 atom stereocenters. The first-order chi connectivity index (χ1) is 8.17. The molecular formula is C15H24ClN. The van der Waals surface area contributed by atoms with Gasteiger partial charge >= 0.3 is 0 Å². The van der Waals surface area contributed by atoms with Gasteiger partial charge in [0.05, 0.1) is 0 Å². The Hall–Kier alpha value is -0.530. The molecule has 0 saturated heterocycles. The molecule has 96 valence electrons. The highest BCUT2D eigenvalue weighted by Gasteiger charge is 2.13. The van der Waals surface area contributed by atoms with Gasteiger partial charge in [0.2, 0.25) is 0 Å². The summed E-state index contributed by atoms with van der Waals surface area (Å²) in [4.78, 5) is 0. The van der Waals surface area contributed by atoms with Crippen molar-refractivity contribution in [2.24, 2.45) is 5.92 Å². The Morgan fingerprint density at radius 1 is 1.18 bits per heavy atom. The monoisotopic (exact) mass is 253 g/mol. The number of nitrogens with one attached hydrogen (secondary N) is 1. The zero-order valence-corrected chi connectivity index (χ0v) is 11.9. The average Bonchev–Trinajstić information content (AvgIpc) is 2.35. The zero-order chi connectivity index (χ0) is 12.7. The number of rotatable bonds is 7. The molecule has 1 rings (SSSR count). The minimum atomic E-state index is 0.460. The van der Waals surface area contributed by atoms with Crippen LogP contribution in [0.5, 0.6) is 0 Å². The fourth-order valence-corrected chi connectivity index (χ4v) is 2.05. The standard InChI is InChI=1S/C15H24ClN/c1-4-10-17-15(11-12(3)5-2)13-6-8-14(16)9-7-13/h6-9,12,15,17H,4-5,10-11H2,1-3H3. The van der Waals surface area contributed by atoms with Crippen molar-refractivity contribution >= 4 is 11.6 Å². The van der Waals surface area contributed by atoms with Gasteiger partial charge in [-0.1, -0.05) is 50.9 Å². The van der Waals surface area contributed by atoms with E-state index in [9.17, 15) is 0 Å². The molecule has 0 aromatic heterocycles. The second-order valence-electron chi connectivity index (χ2n) is 4.81. The Balaban J connectivity index is 2.70. The molecule has 1 N–H and O–H groups in total. The maximum atomic E-state index is 5.93. The fraction of sp³-hybridized carbons (Fsp3) is 0.600. The van der Waals surface area contributed by atoms with E-state index in [0.717, 1.165) is 17.5 Å². The molecular weight excluding hydrogens is 230 g/mol. The lowest BCUT2D eigenvalue weighted by molar-refractivity contribution is 0.402. The van der Waals surface area contributed by atoms with E-state index >= 15 is 0 Å². The fourth-order valence-electron chi connectivity index (χ4n) is 1.92. The van der Waals surface area contributed by atoms with Gasteiger partial charge in [-0.2, -0.15) is 0 Å². The Kier molecular flexibility index (Phi) is 6.61. The van der Waals surface area contributed by atoms with E-state index in [1.807, 2.05) is 12.1 Å². The van der Waals surface area contributed by atoms with Gasteiger partial charge in [-0.15, -0.1) is 0 Å². The molecule has 2 unspecified atom stereocenters. The summed E-state index contributed by atoms with van der Waals surface area (Å²) in [6.45, 7) is 7.85. The van der Waals surface area contributed by atoms with E-state index in [1.54, 1.807) is 0 Å². The SMILES string of the molecule is CCCNC(CC(C)CC)c1ccc(Cl)cc1. The van der Waals surface area contributed by atoms with Gasteiger partial charge in [0.15, 0.2) is 0 Å². The summed E-state index contributed by atoms with van der Waals surface area (Å²) in [5.41, 5.74) is 1.35. The van der Waals surface area contributed by atoms with E-state index in [1.165, 1.54) is 24.8 Å². The van der Waals surface area contributed by atoms with Crippen LogP contribution in [0, 0.1) is 5.92 Å². The molecule has 0 aliphatic rings. The van der Waals surface area contributed by atoms with Crippen LogP contribution >= 0.6 is 11.6 Å². The van der Waals surface area contributed by atoms with Gasteiger partial charge < -0.3 is 5.32 Å². The van der Waals surface area contributed by atoms with Crippen molar-refractivity contribution in [1.29, 1.82) is 0 Å². The van der Waals surface area contributed by atoms with E-state index in [4.69, 9.17) is 11.6 Å². The van der Waals surface area contributed by atoms with Crippen LogP contribution in [0.2, 0.25) is 5.02 Å². The van der Waals surface area contributed by atoms with Crippen molar-refractivity contribution < 1.29 is 0 Å². The van der Waals surface area contributed by atoms with Crippen molar-refractivity contribution in [3.05, 3.63) is 34.9 Å². The van der Waals surface area contributed by atoms with Gasteiger partial charge in [-0.3, -0.25) is 0 Å². The third-order valence-corrected chi connectivity index (χ3v) is 3.50. The van der Waals surface area contributed by atoms with Crippen LogP contribution in [0.3, 0.4) is 0 Å². The van der Waals surface area contributed by atoms with Crippen molar-refractivity contribution in [2.45, 2.75) is 46.1 Å². The largest absolute Gasteiger partial charge is 0.310 e. The Labute approximate surface area is 111 Å². The van der Waals surface area contributed by atoms with Crippen molar-refractivity contribution in [3.63, 3.8) is 0 Å². The minimum Gasteiger partial charge on any atom is -0.310 e. The van der Waals surface area contributed by atoms with Gasteiger partial charge in [-0.25, -0.2) is 0 Å². The molecule has 2 heteroatoms. The topological polar surface area (TPSA) is 12.0 Å². The van der Waals surface area contributed by atoms with E-state index < -0.39 is 0 Å². The van der Waals surface area contributed by atoms with Gasteiger partial charge in [0.1, 0.15) is 0 Å². The molecule has 1 aromatic carbocycles. The van der Waals surface area contributed by atoms with Crippen molar-refractivity contribution in [3.8, 4) is 0 Å². The first kappa shape index (κ1) is 14.5. The molecule has 0 aliphatic carbocycles. The van der Waals surface area contributed by atoms with Crippen LogP contribution in [0.4, 0.5) is 0 Å². The zero-order valence-electron chi connectivity index (χ0n) is 11.2. The van der Waals surface area contributed by atoms with Crippen LogP contribution in [0.25, 0.3) is 0 Å². The lowest BCUT2D eigenvalue weighted by Crippen LogP contribution is -2.23. The minimum absolute atomic E-state index is 0.460. The normalized spacial score (nSPS) is 14.6. The molecule has 1 nitrogen and oxygen atoms in total. The van der Waals surface area contributed by atoms with E-state index in [0.29, 0.717) is 6.04 Å². The van der Waals surface area contributed by atoms with Crippen LogP contribution in [-0.2, 0) is 0 Å². The number of hydrogen-bond donors (Lipinski definition) is 1. The quantitative estimate of drug-likeness (QED) is 0.735. The highest BCUT2D eigenvalue weighted by Crippen LogP contribution is 2.24. The second-order valence-corrected chi connectivity index (χ2v) is 5.24. The van der Waals surface area contributed by atoms with E-state index in [2.05, 4.69) is 38.2 Å². The Morgan fingerprint density at radius 2 is 1.82 bits per heavy atom. The second kappa shape index (κ2) is 7.73. The molecule has 1 aromatic rings. The molecule has 0 radical (unpaired) electrons. The Morgan fingerprint density at radius 3 is 2.35 bits per heavy atom. The van der Waals surface area contributed by atoms with Gasteiger partial charge in [-0.05, 0) is 43.0 Å². The molecule has 17 heavy (non-hydrogen) atoms. The lowest BCUT2D eigenvalue weighted by atomic mass is 9.94. The predicted molar refractivity (Wildman–Crippen MR) is 76.6 cm³/mol. The maximum absolute atomic E-state index is 5.93.